The largest absolute Gasteiger partial charge is 0.493 e. The molecule has 0 saturated carbocycles. The molecule has 0 spiro atoms. The topological polar surface area (TPSA) is 67.5 Å². The van der Waals surface area contributed by atoms with Gasteiger partial charge in [0.15, 0.2) is 11.5 Å². The van der Waals surface area contributed by atoms with E-state index in [1.54, 1.807) is 12.1 Å². The minimum Gasteiger partial charge on any atom is -0.493 e. The zero-order valence-corrected chi connectivity index (χ0v) is 13.9. The van der Waals surface area contributed by atoms with Crippen LogP contribution in [0.5, 0.6) is 11.5 Å². The van der Waals surface area contributed by atoms with Gasteiger partial charge >= 0.3 is 6.61 Å². The molecule has 126 valence electrons. The van der Waals surface area contributed by atoms with Gasteiger partial charge in [0.1, 0.15) is 10.9 Å². The fraction of sp³-hybridized carbons (Fsp3) is 0.312. The number of thiazole rings is 1. The number of aromatic nitrogens is 1. The smallest absolute Gasteiger partial charge is 0.387 e. The predicted octanol–water partition coefficient (Wildman–Crippen LogP) is 3.94. The molecule has 0 aliphatic heterocycles. The van der Waals surface area contributed by atoms with Crippen LogP contribution in [0.15, 0.2) is 28.6 Å². The van der Waals surface area contributed by atoms with Gasteiger partial charge in [-0.1, -0.05) is 6.07 Å². The van der Waals surface area contributed by atoms with Crippen molar-refractivity contribution in [2.24, 2.45) is 4.99 Å². The highest BCUT2D eigenvalue weighted by molar-refractivity contribution is 7.09. The molecule has 0 aliphatic carbocycles. The molecule has 1 aromatic heterocycles. The molecule has 2 aromatic rings. The molecule has 0 unspecified atom stereocenters. The van der Waals surface area contributed by atoms with Gasteiger partial charge in [-0.25, -0.2) is 4.98 Å². The molecule has 0 amide bonds. The molecule has 1 aromatic carbocycles. The molecule has 0 bridgehead atoms. The summed E-state index contributed by atoms with van der Waals surface area (Å²) in [6.07, 6.45) is 1.54. The number of hydrogen-bond donors (Lipinski definition) is 0. The third-order valence-electron chi connectivity index (χ3n) is 3.01. The van der Waals surface area contributed by atoms with E-state index in [0.29, 0.717) is 5.01 Å². The predicted molar refractivity (Wildman–Crippen MR) is 87.0 cm³/mol. The van der Waals surface area contributed by atoms with Crippen LogP contribution in [0, 0.1) is 18.3 Å². The number of aliphatic imine (C=N–C) groups is 1. The van der Waals surface area contributed by atoms with Gasteiger partial charge in [0, 0.05) is 17.3 Å². The Morgan fingerprint density at radius 3 is 2.79 bits per heavy atom. The molecule has 2 rings (SSSR count). The highest BCUT2D eigenvalue weighted by atomic mass is 32.1. The van der Waals surface area contributed by atoms with Gasteiger partial charge < -0.3 is 9.47 Å². The monoisotopic (exact) mass is 351 g/mol. The van der Waals surface area contributed by atoms with Gasteiger partial charge in [-0.3, -0.25) is 4.99 Å². The van der Waals surface area contributed by atoms with Crippen molar-refractivity contribution in [2.75, 3.05) is 7.11 Å². The Morgan fingerprint density at radius 1 is 1.42 bits per heavy atom. The van der Waals surface area contributed by atoms with E-state index in [9.17, 15) is 14.0 Å². The Kier molecular flexibility index (Phi) is 6.21. The van der Waals surface area contributed by atoms with Crippen molar-refractivity contribution in [1.82, 2.24) is 4.98 Å². The van der Waals surface area contributed by atoms with Gasteiger partial charge in [-0.05, 0) is 24.6 Å². The molecule has 1 atom stereocenters. The van der Waals surface area contributed by atoms with Crippen molar-refractivity contribution >= 4 is 17.6 Å². The average Bonchev–Trinajstić information content (AvgIpc) is 2.98. The third-order valence-corrected chi connectivity index (χ3v) is 4.06. The third kappa shape index (κ3) is 4.73. The van der Waals surface area contributed by atoms with Gasteiger partial charge in [0.25, 0.3) is 0 Å². The van der Waals surface area contributed by atoms with Crippen LogP contribution in [-0.2, 0) is 6.54 Å². The molecule has 0 fully saturated rings. The number of ether oxygens (including phenoxy) is 2. The first-order chi connectivity index (χ1) is 11.5. The Labute approximate surface area is 142 Å². The van der Waals surface area contributed by atoms with Crippen LogP contribution >= 0.6 is 11.3 Å². The molecular formula is C16H15F2N3O2S. The Bertz CT molecular complexity index is 756. The quantitative estimate of drug-likeness (QED) is 0.709. The fourth-order valence-corrected chi connectivity index (χ4v) is 2.74. The van der Waals surface area contributed by atoms with Gasteiger partial charge in [0.05, 0.1) is 19.7 Å². The van der Waals surface area contributed by atoms with Crippen molar-refractivity contribution in [3.05, 3.63) is 39.8 Å². The second-order valence-corrected chi connectivity index (χ2v) is 5.68. The first kappa shape index (κ1) is 17.8. The molecule has 24 heavy (non-hydrogen) atoms. The van der Waals surface area contributed by atoms with E-state index in [0.717, 1.165) is 11.3 Å². The molecular weight excluding hydrogens is 336 g/mol. The van der Waals surface area contributed by atoms with E-state index >= 15 is 0 Å². The first-order valence-electron chi connectivity index (χ1n) is 6.96. The number of hydrogen-bond acceptors (Lipinski definition) is 6. The summed E-state index contributed by atoms with van der Waals surface area (Å²) in [7, 11) is 1.37. The lowest BCUT2D eigenvalue weighted by Gasteiger charge is -2.10. The van der Waals surface area contributed by atoms with E-state index in [-0.39, 0.29) is 18.0 Å². The number of aryl methyl sites for hydroxylation is 1. The Balaban J connectivity index is 2.06. The number of nitrogens with zero attached hydrogens (tertiary/aromatic N) is 3. The SMILES string of the molecule is COc1cc(CN=C[C@H](C#N)c2nc(C)cs2)ccc1OC(F)F. The lowest BCUT2D eigenvalue weighted by atomic mass is 10.2. The number of alkyl halides is 2. The van der Waals surface area contributed by atoms with Gasteiger partial charge in [0.2, 0.25) is 0 Å². The van der Waals surface area contributed by atoms with Crippen molar-refractivity contribution < 1.29 is 18.3 Å². The van der Waals surface area contributed by atoms with Gasteiger partial charge in [-0.2, -0.15) is 14.0 Å². The molecule has 0 aliphatic rings. The van der Waals surface area contributed by atoms with Crippen LogP contribution in [0.25, 0.3) is 0 Å². The van der Waals surface area contributed by atoms with Gasteiger partial charge in [-0.15, -0.1) is 11.3 Å². The lowest BCUT2D eigenvalue weighted by Crippen LogP contribution is -2.03. The van der Waals surface area contributed by atoms with E-state index in [2.05, 4.69) is 20.8 Å². The molecule has 1 heterocycles. The van der Waals surface area contributed by atoms with Crippen molar-refractivity contribution in [3.63, 3.8) is 0 Å². The maximum absolute atomic E-state index is 12.3. The summed E-state index contributed by atoms with van der Waals surface area (Å²) in [5.74, 6) is -0.337. The molecule has 5 nitrogen and oxygen atoms in total. The van der Waals surface area contributed by atoms with Crippen LogP contribution in [-0.4, -0.2) is 24.9 Å². The summed E-state index contributed by atoms with van der Waals surface area (Å²) in [6, 6.07) is 6.74. The zero-order chi connectivity index (χ0) is 17.5. The van der Waals surface area contributed by atoms with Crippen LogP contribution in [0.2, 0.25) is 0 Å². The maximum atomic E-state index is 12.3. The summed E-state index contributed by atoms with van der Waals surface area (Å²) in [6.45, 7) is -0.768. The number of rotatable bonds is 7. The fourth-order valence-electron chi connectivity index (χ4n) is 1.93. The minimum atomic E-state index is -2.92. The summed E-state index contributed by atoms with van der Waals surface area (Å²) in [4.78, 5) is 8.51. The second-order valence-electron chi connectivity index (χ2n) is 4.79. The molecule has 0 saturated heterocycles. The average molecular weight is 351 g/mol. The van der Waals surface area contributed by atoms with E-state index in [4.69, 9.17) is 4.74 Å². The summed E-state index contributed by atoms with van der Waals surface area (Å²) in [5.41, 5.74) is 1.61. The standard InChI is InChI=1S/C16H15F2N3O2S/c1-10-9-24-15(21-10)12(6-19)8-20-7-11-3-4-13(23-16(17)18)14(5-11)22-2/h3-5,8-9,12,16H,7H2,1-2H3/t12-/m0/s1. The Morgan fingerprint density at radius 2 is 2.21 bits per heavy atom. The number of methoxy groups -OCH3 is 1. The molecule has 8 heteroatoms. The van der Waals surface area contributed by atoms with E-state index in [1.807, 2.05) is 12.3 Å². The Hall–Kier alpha value is -2.53. The van der Waals surface area contributed by atoms with Crippen LogP contribution in [0.1, 0.15) is 22.2 Å². The van der Waals surface area contributed by atoms with E-state index in [1.165, 1.54) is 30.7 Å². The van der Waals surface area contributed by atoms with E-state index < -0.39 is 12.5 Å². The summed E-state index contributed by atoms with van der Waals surface area (Å²) in [5, 5.41) is 11.8. The minimum absolute atomic E-state index is 0.0339. The first-order valence-corrected chi connectivity index (χ1v) is 7.84. The number of nitriles is 1. The lowest BCUT2D eigenvalue weighted by molar-refractivity contribution is -0.0512. The number of benzene rings is 1. The summed E-state index contributed by atoms with van der Waals surface area (Å²) < 4.78 is 34.0. The van der Waals surface area contributed by atoms with Crippen molar-refractivity contribution in [3.8, 4) is 17.6 Å². The van der Waals surface area contributed by atoms with Crippen molar-refractivity contribution in [1.29, 1.82) is 5.26 Å². The highest BCUT2D eigenvalue weighted by Gasteiger charge is 2.12. The number of halogens is 2. The highest BCUT2D eigenvalue weighted by Crippen LogP contribution is 2.29. The van der Waals surface area contributed by atoms with Crippen LogP contribution < -0.4 is 9.47 Å². The second kappa shape index (κ2) is 8.36. The molecule has 0 radical (unpaired) electrons. The van der Waals surface area contributed by atoms with Crippen LogP contribution in [0.4, 0.5) is 8.78 Å². The maximum Gasteiger partial charge on any atom is 0.387 e. The van der Waals surface area contributed by atoms with Crippen LogP contribution in [0.3, 0.4) is 0 Å². The zero-order valence-electron chi connectivity index (χ0n) is 13.1. The summed E-state index contributed by atoms with van der Waals surface area (Å²) >= 11 is 1.41. The van der Waals surface area contributed by atoms with Crippen molar-refractivity contribution in [2.45, 2.75) is 26.0 Å². The normalized spacial score (nSPS) is 12.3. The molecule has 0 N–H and O–H groups in total.